The van der Waals surface area contributed by atoms with E-state index >= 15 is 0 Å². The maximum atomic E-state index is 13.5. The average molecular weight is 307 g/mol. The number of carbonyl (C=O) groups is 1. The first-order valence-corrected chi connectivity index (χ1v) is 7.99. The van der Waals surface area contributed by atoms with Crippen molar-refractivity contribution in [3.8, 4) is 0 Å². The van der Waals surface area contributed by atoms with Crippen LogP contribution < -0.4 is 10.6 Å². The zero-order valence-electron chi connectivity index (χ0n) is 13.5. The molecule has 0 radical (unpaired) electrons. The van der Waals surface area contributed by atoms with Gasteiger partial charge in [0.25, 0.3) is 0 Å². The second-order valence-electron chi connectivity index (χ2n) is 6.11. The molecule has 22 heavy (non-hydrogen) atoms. The van der Waals surface area contributed by atoms with Crippen molar-refractivity contribution >= 4 is 5.91 Å². The second kappa shape index (κ2) is 8.25. The van der Waals surface area contributed by atoms with Crippen LogP contribution in [0.25, 0.3) is 0 Å². The predicted octanol–water partition coefficient (Wildman–Crippen LogP) is 1.82. The van der Waals surface area contributed by atoms with Gasteiger partial charge in [-0.15, -0.1) is 0 Å². The molecule has 1 atom stereocenters. The van der Waals surface area contributed by atoms with Crippen molar-refractivity contribution in [3.63, 3.8) is 0 Å². The Bertz CT molecular complexity index is 499. The number of carbonyl (C=O) groups excluding carboxylic acids is 1. The number of hydrogen-bond acceptors (Lipinski definition) is 3. The summed E-state index contributed by atoms with van der Waals surface area (Å²) in [6.07, 6.45) is 3.35. The number of halogens is 1. The van der Waals surface area contributed by atoms with Crippen LogP contribution in [0.2, 0.25) is 0 Å². The van der Waals surface area contributed by atoms with Gasteiger partial charge in [0.1, 0.15) is 5.82 Å². The van der Waals surface area contributed by atoms with Gasteiger partial charge in [0.15, 0.2) is 0 Å². The Kier molecular flexibility index (Phi) is 6.34. The molecule has 1 saturated heterocycles. The number of hydrogen-bond donors (Lipinski definition) is 2. The van der Waals surface area contributed by atoms with Crippen LogP contribution in [0.3, 0.4) is 0 Å². The summed E-state index contributed by atoms with van der Waals surface area (Å²) in [5.74, 6) is -0.240. The van der Waals surface area contributed by atoms with E-state index in [9.17, 15) is 9.18 Å². The number of aryl methyl sites for hydroxylation is 1. The SMILES string of the molecule is Cc1ccc(CNC(=O)CN(C)C2CCCNCC2)cc1F. The molecule has 122 valence electrons. The summed E-state index contributed by atoms with van der Waals surface area (Å²) in [5.41, 5.74) is 1.41. The van der Waals surface area contributed by atoms with E-state index in [1.54, 1.807) is 13.0 Å². The standard InChI is InChI=1S/C17H26FN3O/c1-13-5-6-14(10-16(13)18)11-20-17(22)12-21(2)15-4-3-8-19-9-7-15/h5-6,10,15,19H,3-4,7-9,11-12H2,1-2H3,(H,20,22). The van der Waals surface area contributed by atoms with E-state index in [1.807, 2.05) is 13.1 Å². The molecule has 1 unspecified atom stereocenters. The predicted molar refractivity (Wildman–Crippen MR) is 86.1 cm³/mol. The molecule has 1 amide bonds. The Balaban J connectivity index is 1.78. The Labute approximate surface area is 132 Å². The highest BCUT2D eigenvalue weighted by atomic mass is 19.1. The minimum absolute atomic E-state index is 0.0133. The molecule has 5 heteroatoms. The van der Waals surface area contributed by atoms with Crippen LogP contribution in [-0.2, 0) is 11.3 Å². The van der Waals surface area contributed by atoms with Gasteiger partial charge in [0.05, 0.1) is 6.54 Å². The van der Waals surface area contributed by atoms with Crippen LogP contribution in [0.4, 0.5) is 4.39 Å². The summed E-state index contributed by atoms with van der Waals surface area (Å²) in [6, 6.07) is 5.52. The molecule has 0 aromatic heterocycles. The molecule has 1 fully saturated rings. The van der Waals surface area contributed by atoms with E-state index < -0.39 is 0 Å². The van der Waals surface area contributed by atoms with Crippen LogP contribution in [0.5, 0.6) is 0 Å². The van der Waals surface area contributed by atoms with E-state index in [0.29, 0.717) is 24.7 Å². The topological polar surface area (TPSA) is 44.4 Å². The molecule has 1 heterocycles. The fourth-order valence-corrected chi connectivity index (χ4v) is 2.80. The normalized spacial score (nSPS) is 19.0. The Hall–Kier alpha value is -1.46. The molecule has 2 rings (SSSR count). The zero-order valence-corrected chi connectivity index (χ0v) is 13.5. The van der Waals surface area contributed by atoms with Gasteiger partial charge in [0.2, 0.25) is 5.91 Å². The Morgan fingerprint density at radius 2 is 2.23 bits per heavy atom. The smallest absolute Gasteiger partial charge is 0.234 e. The lowest BCUT2D eigenvalue weighted by molar-refractivity contribution is -0.122. The number of nitrogens with zero attached hydrogens (tertiary/aromatic N) is 1. The monoisotopic (exact) mass is 307 g/mol. The van der Waals surface area contributed by atoms with Crippen molar-refractivity contribution in [1.29, 1.82) is 0 Å². The molecule has 2 N–H and O–H groups in total. The van der Waals surface area contributed by atoms with Gasteiger partial charge in [-0.1, -0.05) is 12.1 Å². The van der Waals surface area contributed by atoms with E-state index in [0.717, 1.165) is 37.9 Å². The van der Waals surface area contributed by atoms with Crippen LogP contribution in [0.15, 0.2) is 18.2 Å². The molecule has 1 aromatic rings. The van der Waals surface area contributed by atoms with E-state index in [-0.39, 0.29) is 11.7 Å². The molecular formula is C17H26FN3O. The van der Waals surface area contributed by atoms with Crippen LogP contribution >= 0.6 is 0 Å². The number of amides is 1. The fraction of sp³-hybridized carbons (Fsp3) is 0.588. The third-order valence-electron chi connectivity index (χ3n) is 4.29. The van der Waals surface area contributed by atoms with Crippen LogP contribution in [-0.4, -0.2) is 43.5 Å². The molecule has 0 spiro atoms. The Morgan fingerprint density at radius 3 is 3.00 bits per heavy atom. The van der Waals surface area contributed by atoms with Crippen molar-refractivity contribution in [2.24, 2.45) is 0 Å². The minimum Gasteiger partial charge on any atom is -0.351 e. The van der Waals surface area contributed by atoms with Crippen molar-refractivity contribution in [2.45, 2.75) is 38.8 Å². The summed E-state index contributed by atoms with van der Waals surface area (Å²) in [4.78, 5) is 14.2. The molecule has 1 aliphatic rings. The zero-order chi connectivity index (χ0) is 15.9. The highest BCUT2D eigenvalue weighted by molar-refractivity contribution is 5.78. The minimum atomic E-state index is -0.227. The van der Waals surface area contributed by atoms with Gasteiger partial charge < -0.3 is 10.6 Å². The molecule has 1 aromatic carbocycles. The van der Waals surface area contributed by atoms with Gasteiger partial charge >= 0.3 is 0 Å². The van der Waals surface area contributed by atoms with Crippen molar-refractivity contribution in [3.05, 3.63) is 35.1 Å². The number of benzene rings is 1. The van der Waals surface area contributed by atoms with Crippen LogP contribution in [0.1, 0.15) is 30.4 Å². The fourth-order valence-electron chi connectivity index (χ4n) is 2.80. The first kappa shape index (κ1) is 16.9. The summed E-state index contributed by atoms with van der Waals surface area (Å²) >= 11 is 0. The van der Waals surface area contributed by atoms with Crippen molar-refractivity contribution in [2.75, 3.05) is 26.7 Å². The molecular weight excluding hydrogens is 281 g/mol. The number of rotatable bonds is 5. The molecule has 0 aliphatic carbocycles. The highest BCUT2D eigenvalue weighted by Crippen LogP contribution is 2.11. The first-order chi connectivity index (χ1) is 10.6. The summed E-state index contributed by atoms with van der Waals surface area (Å²) in [5, 5.41) is 6.25. The lowest BCUT2D eigenvalue weighted by atomic mass is 10.1. The lowest BCUT2D eigenvalue weighted by Gasteiger charge is -2.26. The van der Waals surface area contributed by atoms with Crippen molar-refractivity contribution < 1.29 is 9.18 Å². The molecule has 0 bridgehead atoms. The maximum Gasteiger partial charge on any atom is 0.234 e. The molecule has 0 saturated carbocycles. The summed E-state index contributed by atoms with van der Waals surface area (Å²) < 4.78 is 13.5. The van der Waals surface area contributed by atoms with Gasteiger partial charge in [-0.25, -0.2) is 4.39 Å². The molecule has 1 aliphatic heterocycles. The second-order valence-corrected chi connectivity index (χ2v) is 6.11. The summed E-state index contributed by atoms with van der Waals surface area (Å²) in [7, 11) is 2.00. The van der Waals surface area contributed by atoms with E-state index in [1.165, 1.54) is 6.07 Å². The lowest BCUT2D eigenvalue weighted by Crippen LogP contribution is -2.40. The van der Waals surface area contributed by atoms with Gasteiger partial charge in [0, 0.05) is 12.6 Å². The van der Waals surface area contributed by atoms with E-state index in [2.05, 4.69) is 15.5 Å². The van der Waals surface area contributed by atoms with E-state index in [4.69, 9.17) is 0 Å². The molecule has 4 nitrogen and oxygen atoms in total. The third kappa shape index (κ3) is 5.07. The quantitative estimate of drug-likeness (QED) is 0.872. The van der Waals surface area contributed by atoms with Gasteiger partial charge in [-0.05, 0) is 63.5 Å². The first-order valence-electron chi connectivity index (χ1n) is 7.99. The number of likely N-dealkylation sites (N-methyl/N-ethyl adjacent to an activating group) is 1. The maximum absolute atomic E-state index is 13.5. The van der Waals surface area contributed by atoms with Crippen LogP contribution in [0, 0.1) is 12.7 Å². The summed E-state index contributed by atoms with van der Waals surface area (Å²) in [6.45, 7) is 4.57. The average Bonchev–Trinajstić information content (AvgIpc) is 2.77. The van der Waals surface area contributed by atoms with Crippen molar-refractivity contribution in [1.82, 2.24) is 15.5 Å². The Morgan fingerprint density at radius 1 is 1.41 bits per heavy atom. The van der Waals surface area contributed by atoms with Gasteiger partial charge in [-0.2, -0.15) is 0 Å². The number of nitrogens with one attached hydrogen (secondary N) is 2. The third-order valence-corrected chi connectivity index (χ3v) is 4.29. The highest BCUT2D eigenvalue weighted by Gasteiger charge is 2.18. The van der Waals surface area contributed by atoms with Gasteiger partial charge in [-0.3, -0.25) is 9.69 Å². The largest absolute Gasteiger partial charge is 0.351 e.